The van der Waals surface area contributed by atoms with Gasteiger partial charge in [-0.1, -0.05) is 84.9 Å². The lowest BCUT2D eigenvalue weighted by atomic mass is 10.0. The van der Waals surface area contributed by atoms with E-state index in [1.165, 1.54) is 23.9 Å². The van der Waals surface area contributed by atoms with Gasteiger partial charge in [0.05, 0.1) is 5.56 Å². The SMILES string of the molecule is O=C(NC(CSCc1ccccc1)C(=O)O)c1nc(-c2ccc(C(F)(F)F)cc2)oc1-c1ccc(-c2ccccc2)cc1. The van der Waals surface area contributed by atoms with Crippen molar-refractivity contribution >= 4 is 23.6 Å². The highest BCUT2D eigenvalue weighted by Crippen LogP contribution is 2.34. The molecule has 5 rings (SSSR count). The molecular formula is C33H25F3N2O4S. The number of nitrogens with zero attached hydrogens (tertiary/aromatic N) is 1. The van der Waals surface area contributed by atoms with Crippen LogP contribution in [0.15, 0.2) is 114 Å². The van der Waals surface area contributed by atoms with Gasteiger partial charge in [0.25, 0.3) is 5.91 Å². The Hall–Kier alpha value is -4.83. The average Bonchev–Trinajstić information content (AvgIpc) is 3.47. The van der Waals surface area contributed by atoms with Gasteiger partial charge in [-0.15, -0.1) is 0 Å². The van der Waals surface area contributed by atoms with Crippen molar-refractivity contribution < 1.29 is 32.3 Å². The van der Waals surface area contributed by atoms with Crippen molar-refractivity contribution in [3.8, 4) is 33.9 Å². The molecule has 218 valence electrons. The molecule has 0 saturated heterocycles. The van der Waals surface area contributed by atoms with Crippen LogP contribution in [-0.4, -0.2) is 33.8 Å². The number of amides is 1. The van der Waals surface area contributed by atoms with Crippen molar-refractivity contribution in [3.05, 3.63) is 126 Å². The third-order valence-electron chi connectivity index (χ3n) is 6.56. The highest BCUT2D eigenvalue weighted by atomic mass is 32.2. The van der Waals surface area contributed by atoms with E-state index in [0.717, 1.165) is 28.8 Å². The second-order valence-corrected chi connectivity index (χ2v) is 10.6. The first-order valence-electron chi connectivity index (χ1n) is 13.2. The molecule has 10 heteroatoms. The van der Waals surface area contributed by atoms with E-state index in [9.17, 15) is 27.9 Å². The van der Waals surface area contributed by atoms with Crippen molar-refractivity contribution in [1.29, 1.82) is 0 Å². The fourth-order valence-corrected chi connectivity index (χ4v) is 5.32. The number of carbonyl (C=O) groups excluding carboxylic acids is 1. The molecule has 0 spiro atoms. The number of benzene rings is 4. The quantitative estimate of drug-likeness (QED) is 0.169. The molecule has 0 aliphatic heterocycles. The number of hydrogen-bond acceptors (Lipinski definition) is 5. The minimum Gasteiger partial charge on any atom is -0.480 e. The zero-order chi connectivity index (χ0) is 30.4. The lowest BCUT2D eigenvalue weighted by Gasteiger charge is -2.14. The Kier molecular flexibility index (Phi) is 8.96. The molecule has 2 N–H and O–H groups in total. The molecule has 1 heterocycles. The zero-order valence-corrected chi connectivity index (χ0v) is 23.4. The van der Waals surface area contributed by atoms with Crippen LogP contribution in [0.5, 0.6) is 0 Å². The molecular weight excluding hydrogens is 577 g/mol. The molecule has 1 unspecified atom stereocenters. The molecule has 0 bridgehead atoms. The molecule has 0 aliphatic carbocycles. The maximum absolute atomic E-state index is 13.5. The summed E-state index contributed by atoms with van der Waals surface area (Å²) in [5.74, 6) is -1.35. The van der Waals surface area contributed by atoms with Crippen molar-refractivity contribution in [2.45, 2.75) is 18.0 Å². The van der Waals surface area contributed by atoms with Crippen LogP contribution in [-0.2, 0) is 16.7 Å². The summed E-state index contributed by atoms with van der Waals surface area (Å²) in [4.78, 5) is 29.8. The van der Waals surface area contributed by atoms with Gasteiger partial charge in [-0.3, -0.25) is 4.79 Å². The summed E-state index contributed by atoms with van der Waals surface area (Å²) < 4.78 is 45.3. The number of rotatable bonds is 10. The number of thioether (sulfide) groups is 1. The van der Waals surface area contributed by atoms with Crippen LogP contribution >= 0.6 is 11.8 Å². The molecule has 0 radical (unpaired) electrons. The van der Waals surface area contributed by atoms with Crippen LogP contribution in [0.4, 0.5) is 13.2 Å². The number of carboxylic acids is 1. The standard InChI is InChI=1S/C33H25F3N2O4S/c34-33(35,36)26-17-15-25(16-18-26)31-38-28(29(42-31)24-13-11-23(12-14-24)22-9-5-2-6-10-22)30(39)37-27(32(40)41)20-43-19-21-7-3-1-4-8-21/h1-18,27H,19-20H2,(H,37,39)(H,40,41). The molecule has 0 aliphatic rings. The Bertz CT molecular complexity index is 1690. The molecule has 4 aromatic carbocycles. The first-order valence-corrected chi connectivity index (χ1v) is 14.3. The fourth-order valence-electron chi connectivity index (χ4n) is 4.31. The maximum Gasteiger partial charge on any atom is 0.416 e. The lowest BCUT2D eigenvalue weighted by molar-refractivity contribution is -0.139. The molecule has 6 nitrogen and oxygen atoms in total. The molecule has 1 aromatic heterocycles. The summed E-state index contributed by atoms with van der Waals surface area (Å²) in [6.45, 7) is 0. The number of carbonyl (C=O) groups is 2. The Morgan fingerprint density at radius 1 is 0.791 bits per heavy atom. The van der Waals surface area contributed by atoms with Crippen LogP contribution in [0, 0.1) is 0 Å². The summed E-state index contributed by atoms with van der Waals surface area (Å²) in [6.07, 6.45) is -4.52. The second kappa shape index (κ2) is 13.0. The predicted octanol–water partition coefficient (Wildman–Crippen LogP) is 7.81. The zero-order valence-electron chi connectivity index (χ0n) is 22.5. The largest absolute Gasteiger partial charge is 0.480 e. The summed E-state index contributed by atoms with van der Waals surface area (Å²) in [7, 11) is 0. The Morgan fingerprint density at radius 3 is 1.95 bits per heavy atom. The molecule has 1 amide bonds. The van der Waals surface area contributed by atoms with E-state index in [0.29, 0.717) is 11.3 Å². The Morgan fingerprint density at radius 2 is 1.35 bits per heavy atom. The van der Waals surface area contributed by atoms with Gasteiger partial charge >= 0.3 is 12.1 Å². The lowest BCUT2D eigenvalue weighted by Crippen LogP contribution is -2.42. The van der Waals surface area contributed by atoms with Gasteiger partial charge in [-0.25, -0.2) is 9.78 Å². The van der Waals surface area contributed by atoms with Crippen LogP contribution in [0.3, 0.4) is 0 Å². The fraction of sp³-hybridized carbons (Fsp3) is 0.121. The third kappa shape index (κ3) is 7.34. The number of oxazole rings is 1. The van der Waals surface area contributed by atoms with E-state index >= 15 is 0 Å². The van der Waals surface area contributed by atoms with Crippen LogP contribution in [0.2, 0.25) is 0 Å². The van der Waals surface area contributed by atoms with Crippen molar-refractivity contribution in [2.75, 3.05) is 5.75 Å². The summed E-state index contributed by atoms with van der Waals surface area (Å²) >= 11 is 1.35. The predicted molar refractivity (Wildman–Crippen MR) is 159 cm³/mol. The smallest absolute Gasteiger partial charge is 0.416 e. The summed E-state index contributed by atoms with van der Waals surface area (Å²) in [5, 5.41) is 12.3. The topological polar surface area (TPSA) is 92.4 Å². The Balaban J connectivity index is 1.43. The van der Waals surface area contributed by atoms with Gasteiger partial charge in [0.1, 0.15) is 6.04 Å². The van der Waals surface area contributed by atoms with E-state index < -0.39 is 29.7 Å². The van der Waals surface area contributed by atoms with Gasteiger partial charge in [0, 0.05) is 22.6 Å². The highest BCUT2D eigenvalue weighted by molar-refractivity contribution is 7.98. The van der Waals surface area contributed by atoms with E-state index in [4.69, 9.17) is 4.42 Å². The number of carboxylic acid groups (broad SMARTS) is 1. The van der Waals surface area contributed by atoms with Gasteiger partial charge in [0.15, 0.2) is 11.5 Å². The first-order chi connectivity index (χ1) is 20.7. The molecule has 5 aromatic rings. The van der Waals surface area contributed by atoms with Crippen molar-refractivity contribution in [1.82, 2.24) is 10.3 Å². The molecule has 1 atom stereocenters. The van der Waals surface area contributed by atoms with E-state index in [1.807, 2.05) is 72.8 Å². The molecule has 0 saturated carbocycles. The number of aromatic nitrogens is 1. The number of aliphatic carboxylic acids is 1. The summed E-state index contributed by atoms with van der Waals surface area (Å²) in [5.41, 5.74) is 2.60. The summed E-state index contributed by atoms with van der Waals surface area (Å²) in [6, 6.07) is 29.3. The normalized spacial score (nSPS) is 12.1. The van der Waals surface area contributed by atoms with Crippen molar-refractivity contribution in [3.63, 3.8) is 0 Å². The van der Waals surface area contributed by atoms with Crippen LogP contribution in [0.1, 0.15) is 21.6 Å². The number of halogens is 3. The van der Waals surface area contributed by atoms with Crippen LogP contribution in [0.25, 0.3) is 33.9 Å². The minimum absolute atomic E-state index is 0.0630. The minimum atomic E-state index is -4.52. The average molecular weight is 603 g/mol. The highest BCUT2D eigenvalue weighted by Gasteiger charge is 2.31. The third-order valence-corrected chi connectivity index (χ3v) is 7.66. The number of nitrogens with one attached hydrogen (secondary N) is 1. The van der Waals surface area contributed by atoms with Crippen LogP contribution < -0.4 is 5.32 Å². The van der Waals surface area contributed by atoms with Gasteiger partial charge in [-0.05, 0) is 41.0 Å². The number of hydrogen-bond donors (Lipinski definition) is 2. The van der Waals surface area contributed by atoms with Crippen molar-refractivity contribution in [2.24, 2.45) is 0 Å². The number of alkyl halides is 3. The van der Waals surface area contributed by atoms with E-state index in [-0.39, 0.29) is 28.7 Å². The van der Waals surface area contributed by atoms with Gasteiger partial charge in [0.2, 0.25) is 5.89 Å². The second-order valence-electron chi connectivity index (χ2n) is 9.58. The maximum atomic E-state index is 13.5. The molecule has 43 heavy (non-hydrogen) atoms. The van der Waals surface area contributed by atoms with E-state index in [2.05, 4.69) is 10.3 Å². The van der Waals surface area contributed by atoms with Gasteiger partial charge in [-0.2, -0.15) is 24.9 Å². The van der Waals surface area contributed by atoms with E-state index in [1.54, 1.807) is 12.1 Å². The molecule has 0 fully saturated rings. The van der Waals surface area contributed by atoms with Gasteiger partial charge < -0.3 is 14.8 Å². The Labute approximate surface area is 249 Å². The first kappa shape index (κ1) is 29.7. The monoisotopic (exact) mass is 602 g/mol.